The van der Waals surface area contributed by atoms with Gasteiger partial charge in [0.15, 0.2) is 0 Å². The van der Waals surface area contributed by atoms with E-state index in [2.05, 4.69) is 6.07 Å². The van der Waals surface area contributed by atoms with Crippen LogP contribution < -0.4 is 10.5 Å². The van der Waals surface area contributed by atoms with Crippen molar-refractivity contribution in [2.45, 2.75) is 31.4 Å². The second-order valence-corrected chi connectivity index (χ2v) is 5.09. The van der Waals surface area contributed by atoms with Gasteiger partial charge in [-0.15, -0.1) is 0 Å². The third-order valence-electron chi connectivity index (χ3n) is 3.71. The second-order valence-electron chi connectivity index (χ2n) is 5.09. The molecule has 1 unspecified atom stereocenters. The van der Waals surface area contributed by atoms with E-state index in [1.165, 1.54) is 5.56 Å². The molecule has 2 N–H and O–H groups in total. The molecule has 1 aliphatic carbocycles. The summed E-state index contributed by atoms with van der Waals surface area (Å²) in [5, 5.41) is 0. The zero-order chi connectivity index (χ0) is 11.7. The highest BCUT2D eigenvalue weighted by atomic mass is 16.5. The number of hydrogen-bond donors (Lipinski definition) is 1. The molecule has 0 saturated heterocycles. The molecule has 0 aromatic heterocycles. The minimum absolute atomic E-state index is 0.205. The fourth-order valence-corrected chi connectivity index (χ4v) is 2.66. The van der Waals surface area contributed by atoms with Gasteiger partial charge in [0.25, 0.3) is 0 Å². The van der Waals surface area contributed by atoms with Crippen LogP contribution in [0.4, 0.5) is 0 Å². The van der Waals surface area contributed by atoms with Crippen molar-refractivity contribution in [2.24, 2.45) is 11.7 Å². The molecule has 1 fully saturated rings. The van der Waals surface area contributed by atoms with E-state index in [4.69, 9.17) is 15.2 Å². The Hall–Kier alpha value is -1.06. The van der Waals surface area contributed by atoms with Crippen LogP contribution in [0.3, 0.4) is 0 Å². The maximum atomic E-state index is 6.03. The van der Waals surface area contributed by atoms with Crippen LogP contribution in [0.25, 0.3) is 0 Å². The number of rotatable bonds is 3. The summed E-state index contributed by atoms with van der Waals surface area (Å²) in [6.07, 6.45) is 3.39. The highest BCUT2D eigenvalue weighted by Gasteiger charge is 2.28. The van der Waals surface area contributed by atoms with Crippen molar-refractivity contribution in [3.8, 4) is 5.75 Å². The first-order chi connectivity index (χ1) is 8.33. The van der Waals surface area contributed by atoms with Gasteiger partial charge in [-0.1, -0.05) is 18.2 Å². The zero-order valence-corrected chi connectivity index (χ0v) is 9.97. The average molecular weight is 233 g/mol. The van der Waals surface area contributed by atoms with Gasteiger partial charge >= 0.3 is 0 Å². The summed E-state index contributed by atoms with van der Waals surface area (Å²) in [4.78, 5) is 0. The van der Waals surface area contributed by atoms with E-state index in [1.807, 2.05) is 18.2 Å². The van der Waals surface area contributed by atoms with Gasteiger partial charge in [-0.2, -0.15) is 0 Å². The Labute approximate surface area is 102 Å². The van der Waals surface area contributed by atoms with Gasteiger partial charge in [0.05, 0.1) is 19.3 Å². The molecule has 92 valence electrons. The molecule has 0 radical (unpaired) electrons. The average Bonchev–Trinajstić information content (AvgIpc) is 2.33. The van der Waals surface area contributed by atoms with Crippen molar-refractivity contribution in [2.75, 3.05) is 13.2 Å². The quantitative estimate of drug-likeness (QED) is 0.871. The molecule has 1 aliphatic heterocycles. The predicted molar refractivity (Wildman–Crippen MR) is 65.9 cm³/mol. The van der Waals surface area contributed by atoms with Gasteiger partial charge in [0.1, 0.15) is 5.75 Å². The maximum Gasteiger partial charge on any atom is 0.125 e. The summed E-state index contributed by atoms with van der Waals surface area (Å²) in [5.74, 6) is 1.65. The molecule has 0 amide bonds. The Balaban J connectivity index is 1.61. The first kappa shape index (κ1) is 11.1. The fourth-order valence-electron chi connectivity index (χ4n) is 2.66. The molecule has 17 heavy (non-hydrogen) atoms. The maximum absolute atomic E-state index is 6.03. The molecule has 1 aromatic carbocycles. The number of ether oxygens (including phenoxy) is 2. The van der Waals surface area contributed by atoms with Crippen molar-refractivity contribution in [1.29, 1.82) is 0 Å². The monoisotopic (exact) mass is 233 g/mol. The van der Waals surface area contributed by atoms with Crippen LogP contribution in [0.1, 0.15) is 30.9 Å². The molecule has 0 spiro atoms. The molecular weight excluding hydrogens is 214 g/mol. The largest absolute Gasteiger partial charge is 0.493 e. The molecule has 1 heterocycles. The number of hydrogen-bond acceptors (Lipinski definition) is 3. The van der Waals surface area contributed by atoms with Gasteiger partial charge in [-0.3, -0.25) is 0 Å². The molecule has 3 heteroatoms. The van der Waals surface area contributed by atoms with E-state index in [9.17, 15) is 0 Å². The summed E-state index contributed by atoms with van der Waals surface area (Å²) in [7, 11) is 0. The lowest BCUT2D eigenvalue weighted by Crippen LogP contribution is -2.38. The lowest BCUT2D eigenvalue weighted by atomic mass is 9.81. The normalized spacial score (nSPS) is 31.2. The van der Waals surface area contributed by atoms with Crippen LogP contribution in [0.5, 0.6) is 5.75 Å². The third-order valence-corrected chi connectivity index (χ3v) is 3.71. The van der Waals surface area contributed by atoms with E-state index >= 15 is 0 Å². The van der Waals surface area contributed by atoms with Gasteiger partial charge in [0, 0.05) is 18.0 Å². The van der Waals surface area contributed by atoms with Crippen LogP contribution in [-0.4, -0.2) is 19.3 Å². The molecule has 3 nitrogen and oxygen atoms in total. The van der Waals surface area contributed by atoms with E-state index in [-0.39, 0.29) is 6.10 Å². The lowest BCUT2D eigenvalue weighted by molar-refractivity contribution is -0.0140. The molecular formula is C14H19NO2. The summed E-state index contributed by atoms with van der Waals surface area (Å²) in [5.41, 5.74) is 6.98. The van der Waals surface area contributed by atoms with E-state index in [0.29, 0.717) is 12.0 Å². The summed E-state index contributed by atoms with van der Waals surface area (Å²) < 4.78 is 11.6. The first-order valence-corrected chi connectivity index (χ1v) is 6.42. The smallest absolute Gasteiger partial charge is 0.125 e. The molecule has 1 atom stereocenters. The van der Waals surface area contributed by atoms with E-state index < -0.39 is 0 Å². The Morgan fingerprint density at radius 1 is 1.29 bits per heavy atom. The molecule has 0 bridgehead atoms. The van der Waals surface area contributed by atoms with E-state index in [0.717, 1.165) is 38.2 Å². The Morgan fingerprint density at radius 3 is 2.94 bits per heavy atom. The van der Waals surface area contributed by atoms with Crippen LogP contribution in [0, 0.1) is 5.92 Å². The minimum atomic E-state index is 0.205. The van der Waals surface area contributed by atoms with Crippen LogP contribution >= 0.6 is 0 Å². The summed E-state index contributed by atoms with van der Waals surface area (Å²) in [6.45, 7) is 1.60. The highest BCUT2D eigenvalue weighted by molar-refractivity contribution is 5.36. The van der Waals surface area contributed by atoms with Crippen molar-refractivity contribution in [3.63, 3.8) is 0 Å². The SMILES string of the molecule is N[C@H]1C[C@@H](COC2CCOc3ccccc32)C1. The number of nitrogens with two attached hydrogens (primary N) is 1. The molecule has 3 rings (SSSR count). The van der Waals surface area contributed by atoms with Gasteiger partial charge in [-0.25, -0.2) is 0 Å². The molecule has 1 saturated carbocycles. The van der Waals surface area contributed by atoms with Gasteiger partial charge in [0.2, 0.25) is 0 Å². The fraction of sp³-hybridized carbons (Fsp3) is 0.571. The highest BCUT2D eigenvalue weighted by Crippen LogP contribution is 2.35. The van der Waals surface area contributed by atoms with Crippen molar-refractivity contribution in [1.82, 2.24) is 0 Å². The zero-order valence-electron chi connectivity index (χ0n) is 9.97. The molecule has 1 aromatic rings. The van der Waals surface area contributed by atoms with Gasteiger partial charge < -0.3 is 15.2 Å². The molecule has 2 aliphatic rings. The lowest BCUT2D eigenvalue weighted by Gasteiger charge is -2.34. The van der Waals surface area contributed by atoms with Crippen LogP contribution in [0.15, 0.2) is 24.3 Å². The summed E-state index contributed by atoms with van der Waals surface area (Å²) >= 11 is 0. The van der Waals surface area contributed by atoms with Crippen molar-refractivity contribution in [3.05, 3.63) is 29.8 Å². The van der Waals surface area contributed by atoms with Crippen LogP contribution in [0.2, 0.25) is 0 Å². The second kappa shape index (κ2) is 4.67. The van der Waals surface area contributed by atoms with E-state index in [1.54, 1.807) is 0 Å². The van der Waals surface area contributed by atoms with Crippen LogP contribution in [-0.2, 0) is 4.74 Å². The Bertz CT molecular complexity index is 388. The van der Waals surface area contributed by atoms with Crippen molar-refractivity contribution < 1.29 is 9.47 Å². The third kappa shape index (κ3) is 2.31. The predicted octanol–water partition coefficient (Wildman–Crippen LogP) is 2.26. The first-order valence-electron chi connectivity index (χ1n) is 6.42. The number of benzene rings is 1. The minimum Gasteiger partial charge on any atom is -0.493 e. The Kier molecular flexibility index (Phi) is 3.04. The van der Waals surface area contributed by atoms with Crippen molar-refractivity contribution >= 4 is 0 Å². The summed E-state index contributed by atoms with van der Waals surface area (Å²) in [6, 6.07) is 8.58. The Morgan fingerprint density at radius 2 is 2.12 bits per heavy atom. The topological polar surface area (TPSA) is 44.5 Å². The van der Waals surface area contributed by atoms with Gasteiger partial charge in [-0.05, 0) is 24.8 Å². The standard InChI is InChI=1S/C14H19NO2/c15-11-7-10(8-11)9-17-14-5-6-16-13-4-2-1-3-12(13)14/h1-4,10-11,14H,5-9,15H2/t10-,11+,14?. The number of fused-ring (bicyclic) bond motifs is 1. The number of para-hydroxylation sites is 1.